The molecule has 2 aliphatic heterocycles. The first-order valence-electron chi connectivity index (χ1n) is 9.22. The minimum Gasteiger partial charge on any atom is -0.319 e. The lowest BCUT2D eigenvalue weighted by molar-refractivity contribution is 0.102. The van der Waals surface area contributed by atoms with Crippen LogP contribution in [-0.2, 0) is 0 Å². The Hall–Kier alpha value is -2.88. The van der Waals surface area contributed by atoms with Crippen LogP contribution in [0.5, 0.6) is 0 Å². The standard InChI is InChI=1S/C21H23N5O/c1-24-13-15-25(16-14-24)11-4-5-12-26-19-9-3-2-7-17(19)21(27)23-18-8-6-10-22-20(18)26/h2-3,6-10H,11-16H2,1H3,(H,23,27). The molecule has 1 fully saturated rings. The number of fused-ring (bicyclic) bond motifs is 2. The third kappa shape index (κ3) is 3.80. The molecule has 4 rings (SSSR count). The van der Waals surface area contributed by atoms with E-state index in [0.717, 1.165) is 44.2 Å². The summed E-state index contributed by atoms with van der Waals surface area (Å²) in [5.74, 6) is 7.18. The summed E-state index contributed by atoms with van der Waals surface area (Å²) in [5.41, 5.74) is 2.18. The minimum atomic E-state index is -0.118. The highest BCUT2D eigenvalue weighted by Crippen LogP contribution is 2.35. The van der Waals surface area contributed by atoms with Gasteiger partial charge in [-0.1, -0.05) is 24.0 Å². The predicted molar refractivity (Wildman–Crippen MR) is 107 cm³/mol. The number of para-hydroxylation sites is 1. The molecular weight excluding hydrogens is 338 g/mol. The Morgan fingerprint density at radius 2 is 1.81 bits per heavy atom. The maximum atomic E-state index is 12.6. The molecule has 6 nitrogen and oxygen atoms in total. The summed E-state index contributed by atoms with van der Waals surface area (Å²) in [4.78, 5) is 23.8. The summed E-state index contributed by atoms with van der Waals surface area (Å²) in [6, 6.07) is 11.3. The normalized spacial score (nSPS) is 17.2. The van der Waals surface area contributed by atoms with Crippen LogP contribution in [0.2, 0.25) is 0 Å². The molecule has 2 aliphatic rings. The summed E-state index contributed by atoms with van der Waals surface area (Å²) >= 11 is 0. The number of rotatable bonds is 2. The van der Waals surface area contributed by atoms with E-state index in [-0.39, 0.29) is 5.91 Å². The number of piperazine rings is 1. The fraction of sp³-hybridized carbons (Fsp3) is 0.333. The van der Waals surface area contributed by atoms with E-state index in [9.17, 15) is 4.79 Å². The summed E-state index contributed by atoms with van der Waals surface area (Å²) < 4.78 is 0. The lowest BCUT2D eigenvalue weighted by Crippen LogP contribution is -2.44. The van der Waals surface area contributed by atoms with Crippen molar-refractivity contribution in [2.75, 3.05) is 56.5 Å². The number of carbonyl (C=O) groups excluding carboxylic acids is 1. The van der Waals surface area contributed by atoms with Gasteiger partial charge in [0.1, 0.15) is 0 Å². The molecule has 0 unspecified atom stereocenters. The molecule has 1 aromatic heterocycles. The van der Waals surface area contributed by atoms with E-state index in [4.69, 9.17) is 0 Å². The van der Waals surface area contributed by atoms with Gasteiger partial charge in [-0.25, -0.2) is 4.98 Å². The second-order valence-corrected chi connectivity index (χ2v) is 6.86. The molecule has 1 aromatic carbocycles. The number of carbonyl (C=O) groups is 1. The zero-order chi connectivity index (χ0) is 18.6. The van der Waals surface area contributed by atoms with Crippen LogP contribution < -0.4 is 10.2 Å². The monoisotopic (exact) mass is 361 g/mol. The van der Waals surface area contributed by atoms with E-state index in [0.29, 0.717) is 17.8 Å². The molecule has 1 saturated heterocycles. The molecule has 0 radical (unpaired) electrons. The largest absolute Gasteiger partial charge is 0.319 e. The van der Waals surface area contributed by atoms with Gasteiger partial charge in [0.25, 0.3) is 5.91 Å². The fourth-order valence-corrected chi connectivity index (χ4v) is 3.38. The molecule has 0 bridgehead atoms. The quantitative estimate of drug-likeness (QED) is 0.830. The third-order valence-electron chi connectivity index (χ3n) is 4.99. The number of hydrogen-bond donors (Lipinski definition) is 1. The van der Waals surface area contributed by atoms with Gasteiger partial charge in [0.2, 0.25) is 0 Å². The number of anilines is 3. The van der Waals surface area contributed by atoms with Crippen molar-refractivity contribution >= 4 is 23.1 Å². The molecule has 0 saturated carbocycles. The average molecular weight is 361 g/mol. The molecule has 6 heteroatoms. The Morgan fingerprint density at radius 1 is 1.04 bits per heavy atom. The minimum absolute atomic E-state index is 0.118. The average Bonchev–Trinajstić information content (AvgIpc) is 2.81. The number of likely N-dealkylation sites (N-methyl/N-ethyl adjacent to an activating group) is 1. The molecule has 3 heterocycles. The number of nitrogens with one attached hydrogen (secondary N) is 1. The molecule has 1 N–H and O–H groups in total. The SMILES string of the molecule is CN1CCN(CC#CCN2c3ccccc3C(=O)Nc3cccnc32)CC1. The Kier molecular flexibility index (Phi) is 5.05. The Balaban J connectivity index is 1.56. The Bertz CT molecular complexity index is 893. The van der Waals surface area contributed by atoms with Crippen LogP contribution in [0.25, 0.3) is 0 Å². The second kappa shape index (κ2) is 7.78. The Morgan fingerprint density at radius 3 is 2.67 bits per heavy atom. The highest BCUT2D eigenvalue weighted by atomic mass is 16.1. The third-order valence-corrected chi connectivity index (χ3v) is 4.99. The summed E-state index contributed by atoms with van der Waals surface area (Å²) in [7, 11) is 2.15. The van der Waals surface area contributed by atoms with Crippen molar-refractivity contribution in [1.82, 2.24) is 14.8 Å². The van der Waals surface area contributed by atoms with Gasteiger partial charge < -0.3 is 15.1 Å². The molecule has 138 valence electrons. The number of pyridine rings is 1. The molecule has 27 heavy (non-hydrogen) atoms. The second-order valence-electron chi connectivity index (χ2n) is 6.86. The number of hydrogen-bond acceptors (Lipinski definition) is 5. The predicted octanol–water partition coefficient (Wildman–Crippen LogP) is 2.04. The molecular formula is C21H23N5O. The van der Waals surface area contributed by atoms with Crippen LogP contribution in [0, 0.1) is 11.8 Å². The van der Waals surface area contributed by atoms with Crippen molar-refractivity contribution in [3.05, 3.63) is 48.2 Å². The first-order valence-corrected chi connectivity index (χ1v) is 9.22. The van der Waals surface area contributed by atoms with Crippen LogP contribution in [0.4, 0.5) is 17.2 Å². The van der Waals surface area contributed by atoms with Crippen molar-refractivity contribution in [3.8, 4) is 11.8 Å². The van der Waals surface area contributed by atoms with E-state index in [1.54, 1.807) is 6.20 Å². The van der Waals surface area contributed by atoms with Gasteiger partial charge in [-0.2, -0.15) is 0 Å². The molecule has 2 aromatic rings. The Labute approximate surface area is 159 Å². The van der Waals surface area contributed by atoms with Crippen LogP contribution >= 0.6 is 0 Å². The van der Waals surface area contributed by atoms with Gasteiger partial charge in [-0.3, -0.25) is 9.69 Å². The number of amides is 1. The van der Waals surface area contributed by atoms with Crippen LogP contribution in [0.1, 0.15) is 10.4 Å². The smallest absolute Gasteiger partial charge is 0.257 e. The van der Waals surface area contributed by atoms with Gasteiger partial charge in [-0.15, -0.1) is 0 Å². The number of benzene rings is 1. The summed E-state index contributed by atoms with van der Waals surface area (Å²) in [6.07, 6.45) is 1.74. The highest BCUT2D eigenvalue weighted by Gasteiger charge is 2.25. The van der Waals surface area contributed by atoms with Crippen LogP contribution in [-0.4, -0.2) is 67.0 Å². The van der Waals surface area contributed by atoms with E-state index < -0.39 is 0 Å². The van der Waals surface area contributed by atoms with Gasteiger partial charge in [-0.05, 0) is 31.3 Å². The fourth-order valence-electron chi connectivity index (χ4n) is 3.38. The zero-order valence-electron chi connectivity index (χ0n) is 15.5. The van der Waals surface area contributed by atoms with Crippen molar-refractivity contribution < 1.29 is 4.79 Å². The molecule has 0 atom stereocenters. The zero-order valence-corrected chi connectivity index (χ0v) is 15.5. The lowest BCUT2D eigenvalue weighted by Gasteiger charge is -2.30. The van der Waals surface area contributed by atoms with E-state index in [1.807, 2.05) is 41.3 Å². The van der Waals surface area contributed by atoms with Gasteiger partial charge in [0.15, 0.2) is 5.82 Å². The van der Waals surface area contributed by atoms with E-state index >= 15 is 0 Å². The molecule has 1 amide bonds. The van der Waals surface area contributed by atoms with Gasteiger partial charge >= 0.3 is 0 Å². The van der Waals surface area contributed by atoms with Crippen molar-refractivity contribution in [2.24, 2.45) is 0 Å². The van der Waals surface area contributed by atoms with E-state index in [1.165, 1.54) is 0 Å². The van der Waals surface area contributed by atoms with E-state index in [2.05, 4.69) is 39.0 Å². The highest BCUT2D eigenvalue weighted by molar-refractivity contribution is 6.12. The summed E-state index contributed by atoms with van der Waals surface area (Å²) in [5, 5.41) is 2.95. The molecule has 0 spiro atoms. The summed E-state index contributed by atoms with van der Waals surface area (Å²) in [6.45, 7) is 5.55. The van der Waals surface area contributed by atoms with Crippen molar-refractivity contribution in [1.29, 1.82) is 0 Å². The lowest BCUT2D eigenvalue weighted by atomic mass is 10.1. The van der Waals surface area contributed by atoms with Gasteiger partial charge in [0.05, 0.1) is 30.0 Å². The first-order chi connectivity index (χ1) is 13.2. The first kappa shape index (κ1) is 17.5. The van der Waals surface area contributed by atoms with Crippen molar-refractivity contribution in [2.45, 2.75) is 0 Å². The maximum Gasteiger partial charge on any atom is 0.257 e. The number of nitrogens with zero attached hydrogens (tertiary/aromatic N) is 4. The topological polar surface area (TPSA) is 51.7 Å². The maximum absolute atomic E-state index is 12.6. The van der Waals surface area contributed by atoms with Crippen molar-refractivity contribution in [3.63, 3.8) is 0 Å². The van der Waals surface area contributed by atoms with Gasteiger partial charge in [0, 0.05) is 32.4 Å². The van der Waals surface area contributed by atoms with Crippen LogP contribution in [0.3, 0.4) is 0 Å². The molecule has 0 aliphatic carbocycles. The van der Waals surface area contributed by atoms with Crippen LogP contribution in [0.15, 0.2) is 42.6 Å². The number of aromatic nitrogens is 1.